The van der Waals surface area contributed by atoms with Crippen LogP contribution in [0.3, 0.4) is 0 Å². The predicted molar refractivity (Wildman–Crippen MR) is 108 cm³/mol. The Morgan fingerprint density at radius 1 is 1.21 bits per heavy atom. The SMILES string of the molecule is Nc1ncnc2c1ccn2[C@@H]1CC2(CC(Cn3c(Cl)cccc3=O)C2)[C@@H](O)[C@H]1O. The molecule has 2 saturated carbocycles. The van der Waals surface area contributed by atoms with Crippen molar-refractivity contribution >= 4 is 28.5 Å². The van der Waals surface area contributed by atoms with Crippen molar-refractivity contribution in [2.24, 2.45) is 11.3 Å². The second kappa shape index (κ2) is 6.55. The Bertz CT molecular complexity index is 1140. The zero-order valence-corrected chi connectivity index (χ0v) is 16.4. The first-order valence-electron chi connectivity index (χ1n) is 9.68. The monoisotopic (exact) mass is 415 g/mol. The van der Waals surface area contributed by atoms with Gasteiger partial charge in [-0.2, -0.15) is 0 Å². The van der Waals surface area contributed by atoms with Gasteiger partial charge in [0.05, 0.1) is 17.5 Å². The minimum absolute atomic E-state index is 0.126. The lowest BCUT2D eigenvalue weighted by Crippen LogP contribution is -2.47. The lowest BCUT2D eigenvalue weighted by Gasteiger charge is -2.48. The summed E-state index contributed by atoms with van der Waals surface area (Å²) in [5, 5.41) is 22.8. The average molecular weight is 416 g/mol. The molecule has 0 saturated heterocycles. The summed E-state index contributed by atoms with van der Waals surface area (Å²) in [7, 11) is 0. The van der Waals surface area contributed by atoms with Gasteiger partial charge < -0.3 is 20.5 Å². The first kappa shape index (κ1) is 18.6. The largest absolute Gasteiger partial charge is 0.390 e. The van der Waals surface area contributed by atoms with Crippen LogP contribution in [0.4, 0.5) is 5.82 Å². The molecule has 152 valence electrons. The molecule has 0 amide bonds. The maximum atomic E-state index is 12.1. The van der Waals surface area contributed by atoms with Crippen molar-refractivity contribution in [3.8, 4) is 0 Å². The number of pyridine rings is 1. The Kier molecular flexibility index (Phi) is 4.20. The van der Waals surface area contributed by atoms with Crippen molar-refractivity contribution in [1.29, 1.82) is 0 Å². The lowest BCUT2D eigenvalue weighted by atomic mass is 9.59. The van der Waals surface area contributed by atoms with Crippen LogP contribution in [0, 0.1) is 11.3 Å². The summed E-state index contributed by atoms with van der Waals surface area (Å²) in [6.07, 6.45) is 3.62. The van der Waals surface area contributed by atoms with Crippen LogP contribution in [-0.2, 0) is 6.54 Å². The Hall–Kier alpha value is -2.42. The fourth-order valence-electron chi connectivity index (χ4n) is 5.31. The number of rotatable bonds is 3. The van der Waals surface area contributed by atoms with Crippen molar-refractivity contribution in [2.45, 2.75) is 44.1 Å². The first-order valence-corrected chi connectivity index (χ1v) is 10.1. The number of halogens is 1. The van der Waals surface area contributed by atoms with Crippen molar-refractivity contribution in [3.63, 3.8) is 0 Å². The Morgan fingerprint density at radius 2 is 2.00 bits per heavy atom. The average Bonchev–Trinajstić information content (AvgIpc) is 3.20. The van der Waals surface area contributed by atoms with E-state index in [2.05, 4.69) is 9.97 Å². The van der Waals surface area contributed by atoms with E-state index in [1.807, 2.05) is 16.8 Å². The summed E-state index contributed by atoms with van der Waals surface area (Å²) in [5.74, 6) is 0.623. The molecule has 3 aromatic rings. The molecule has 0 unspecified atom stereocenters. The number of hydrogen-bond donors (Lipinski definition) is 3. The molecule has 3 atom stereocenters. The molecule has 0 aromatic carbocycles. The first-order chi connectivity index (χ1) is 13.9. The predicted octanol–water partition coefficient (Wildman–Crippen LogP) is 1.59. The molecule has 1 spiro atoms. The standard InChI is InChI=1S/C20H22ClN5O3/c21-14-2-1-3-15(27)26(14)9-11-6-20(7-11)8-13(16(28)17(20)29)25-5-4-12-18(22)23-10-24-19(12)25/h1-5,10-11,13,16-17,28-29H,6-9H2,(H2,22,23,24)/t11?,13-,16+,17+,20?/m1/s1. The molecule has 0 bridgehead atoms. The summed E-state index contributed by atoms with van der Waals surface area (Å²) in [5.41, 5.74) is 6.09. The quantitative estimate of drug-likeness (QED) is 0.559. The van der Waals surface area contributed by atoms with Crippen LogP contribution < -0.4 is 11.3 Å². The van der Waals surface area contributed by atoms with Crippen LogP contribution in [0.2, 0.25) is 5.15 Å². The van der Waals surface area contributed by atoms with Gasteiger partial charge in [-0.1, -0.05) is 17.7 Å². The van der Waals surface area contributed by atoms with E-state index in [4.69, 9.17) is 17.3 Å². The minimum atomic E-state index is -0.897. The molecule has 29 heavy (non-hydrogen) atoms. The van der Waals surface area contributed by atoms with E-state index in [1.54, 1.807) is 16.7 Å². The molecule has 2 aliphatic rings. The van der Waals surface area contributed by atoms with Gasteiger partial charge in [-0.05, 0) is 37.3 Å². The maximum Gasteiger partial charge on any atom is 0.251 e. The summed E-state index contributed by atoms with van der Waals surface area (Å²) in [6, 6.07) is 6.38. The molecule has 3 aromatic heterocycles. The molecular weight excluding hydrogens is 394 g/mol. The zero-order valence-electron chi connectivity index (χ0n) is 15.6. The van der Waals surface area contributed by atoms with Crippen molar-refractivity contribution in [1.82, 2.24) is 19.1 Å². The number of nitrogens with two attached hydrogens (primary N) is 1. The molecular formula is C20H22ClN5O3. The number of fused-ring (bicyclic) bond motifs is 1. The summed E-state index contributed by atoms with van der Waals surface area (Å²) < 4.78 is 3.45. The van der Waals surface area contributed by atoms with E-state index >= 15 is 0 Å². The molecule has 4 N–H and O–H groups in total. The second-order valence-electron chi connectivity index (χ2n) is 8.36. The van der Waals surface area contributed by atoms with E-state index in [-0.39, 0.29) is 22.9 Å². The molecule has 5 rings (SSSR count). The maximum absolute atomic E-state index is 12.1. The van der Waals surface area contributed by atoms with Gasteiger partial charge >= 0.3 is 0 Å². The number of aliphatic hydroxyl groups is 2. The van der Waals surface area contributed by atoms with Crippen LogP contribution in [0.5, 0.6) is 0 Å². The molecule has 3 heterocycles. The van der Waals surface area contributed by atoms with E-state index < -0.39 is 12.2 Å². The highest BCUT2D eigenvalue weighted by atomic mass is 35.5. The highest BCUT2D eigenvalue weighted by Gasteiger charge is 2.59. The fraction of sp³-hybridized carbons (Fsp3) is 0.450. The Balaban J connectivity index is 1.37. The van der Waals surface area contributed by atoms with Crippen LogP contribution >= 0.6 is 11.6 Å². The highest BCUT2D eigenvalue weighted by Crippen LogP contribution is 2.59. The zero-order chi connectivity index (χ0) is 20.3. The molecule has 2 aliphatic carbocycles. The number of nitrogens with zero attached hydrogens (tertiary/aromatic N) is 4. The van der Waals surface area contributed by atoms with E-state index in [0.29, 0.717) is 29.6 Å². The number of aromatic nitrogens is 4. The highest BCUT2D eigenvalue weighted by molar-refractivity contribution is 6.29. The number of hydrogen-bond acceptors (Lipinski definition) is 6. The molecule has 9 heteroatoms. The van der Waals surface area contributed by atoms with Gasteiger partial charge in [-0.25, -0.2) is 9.97 Å². The van der Waals surface area contributed by atoms with Crippen molar-refractivity contribution in [3.05, 3.63) is 52.3 Å². The van der Waals surface area contributed by atoms with Gasteiger partial charge in [0.1, 0.15) is 29.0 Å². The van der Waals surface area contributed by atoms with Gasteiger partial charge in [0.25, 0.3) is 5.56 Å². The topological polar surface area (TPSA) is 119 Å². The third-order valence-electron chi connectivity index (χ3n) is 6.69. The summed E-state index contributed by atoms with van der Waals surface area (Å²) >= 11 is 6.16. The van der Waals surface area contributed by atoms with E-state index in [1.165, 1.54) is 12.4 Å². The lowest BCUT2D eigenvalue weighted by molar-refractivity contribution is -0.0875. The van der Waals surface area contributed by atoms with Gasteiger partial charge in [-0.3, -0.25) is 9.36 Å². The number of nitrogen functional groups attached to an aromatic ring is 1. The van der Waals surface area contributed by atoms with Gasteiger partial charge in [0.15, 0.2) is 0 Å². The Morgan fingerprint density at radius 3 is 2.76 bits per heavy atom. The smallest absolute Gasteiger partial charge is 0.251 e. The third-order valence-corrected chi connectivity index (χ3v) is 7.02. The molecule has 0 aliphatic heterocycles. The number of anilines is 1. The molecule has 8 nitrogen and oxygen atoms in total. The van der Waals surface area contributed by atoms with Gasteiger partial charge in [0.2, 0.25) is 0 Å². The van der Waals surface area contributed by atoms with E-state index in [9.17, 15) is 15.0 Å². The molecule has 2 fully saturated rings. The third kappa shape index (κ3) is 2.78. The van der Waals surface area contributed by atoms with Gasteiger partial charge in [-0.15, -0.1) is 0 Å². The minimum Gasteiger partial charge on any atom is -0.390 e. The fourth-order valence-corrected chi connectivity index (χ4v) is 5.53. The van der Waals surface area contributed by atoms with E-state index in [0.717, 1.165) is 18.2 Å². The summed E-state index contributed by atoms with van der Waals surface area (Å²) in [6.45, 7) is 0.518. The molecule has 0 radical (unpaired) electrons. The number of aliphatic hydroxyl groups excluding tert-OH is 2. The second-order valence-corrected chi connectivity index (χ2v) is 8.75. The Labute approximate surface area is 171 Å². The van der Waals surface area contributed by atoms with Crippen molar-refractivity contribution in [2.75, 3.05) is 5.73 Å². The van der Waals surface area contributed by atoms with Crippen LogP contribution in [0.15, 0.2) is 41.6 Å². The van der Waals surface area contributed by atoms with Crippen LogP contribution in [0.1, 0.15) is 25.3 Å². The van der Waals surface area contributed by atoms with Crippen LogP contribution in [-0.4, -0.2) is 41.5 Å². The van der Waals surface area contributed by atoms with Gasteiger partial charge in [0, 0.05) is 24.2 Å². The normalized spacial score (nSPS) is 31.4. The van der Waals surface area contributed by atoms with Crippen molar-refractivity contribution < 1.29 is 10.2 Å². The van der Waals surface area contributed by atoms with Crippen LogP contribution in [0.25, 0.3) is 11.0 Å². The summed E-state index contributed by atoms with van der Waals surface area (Å²) in [4.78, 5) is 20.4.